The molecule has 0 atom stereocenters. The maximum absolute atomic E-state index is 10.8. The molecule has 0 unspecified atom stereocenters. The number of carboxylic acid groups (broad SMARTS) is 1. The van der Waals surface area contributed by atoms with E-state index in [1.54, 1.807) is 13.8 Å². The van der Waals surface area contributed by atoms with E-state index in [0.717, 1.165) is 32.1 Å². The summed E-state index contributed by atoms with van der Waals surface area (Å²) in [5, 5.41) is 19.3. The zero-order valence-corrected chi connectivity index (χ0v) is 14.8. The highest BCUT2D eigenvalue weighted by molar-refractivity contribution is 5.66. The number of carbonyl (C=O) groups is 1. The fraction of sp³-hybridized carbons (Fsp3) is 0.833. The zero-order valence-electron chi connectivity index (χ0n) is 14.8. The van der Waals surface area contributed by atoms with Gasteiger partial charge in [0.15, 0.2) is 0 Å². The van der Waals surface area contributed by atoms with Crippen LogP contribution in [0.3, 0.4) is 0 Å². The minimum Gasteiger partial charge on any atom is -0.481 e. The fourth-order valence-corrected chi connectivity index (χ4v) is 2.40. The number of rotatable bonds is 15. The highest BCUT2D eigenvalue weighted by Crippen LogP contribution is 2.18. The lowest BCUT2D eigenvalue weighted by Gasteiger charge is -2.14. The van der Waals surface area contributed by atoms with Crippen LogP contribution in [0.25, 0.3) is 0 Å². The van der Waals surface area contributed by atoms with Crippen molar-refractivity contribution >= 4 is 5.97 Å². The van der Waals surface area contributed by atoms with E-state index in [-0.39, 0.29) is 11.3 Å². The summed E-state index contributed by atoms with van der Waals surface area (Å²) < 4.78 is 0. The van der Waals surface area contributed by atoms with E-state index in [2.05, 4.69) is 12.2 Å². The molecule has 0 bridgehead atoms. The molecule has 0 aromatic rings. The van der Waals surface area contributed by atoms with Gasteiger partial charge < -0.3 is 5.11 Å². The molecule has 0 aliphatic rings. The molecular formula is C18H33NO4. The lowest BCUT2D eigenvalue weighted by atomic mass is 9.97. The van der Waals surface area contributed by atoms with Crippen LogP contribution in [0.4, 0.5) is 0 Å². The average Bonchev–Trinajstić information content (AvgIpc) is 2.47. The Kier molecular flexibility index (Phi) is 12.3. The van der Waals surface area contributed by atoms with Crippen molar-refractivity contribution in [3.8, 4) is 0 Å². The SMILES string of the molecule is CC(C)(CCCCCCCCCC=CCCCC(=O)O)[N+](=O)[O-]. The van der Waals surface area contributed by atoms with Crippen molar-refractivity contribution in [2.45, 2.75) is 96.4 Å². The summed E-state index contributed by atoms with van der Waals surface area (Å²) in [6.07, 6.45) is 15.8. The molecule has 0 heterocycles. The molecule has 0 saturated carbocycles. The Hall–Kier alpha value is -1.39. The van der Waals surface area contributed by atoms with Crippen LogP contribution in [0.5, 0.6) is 0 Å². The molecule has 0 spiro atoms. The second kappa shape index (κ2) is 13.1. The highest BCUT2D eigenvalue weighted by atomic mass is 16.6. The van der Waals surface area contributed by atoms with Gasteiger partial charge in [0.2, 0.25) is 5.54 Å². The second-order valence-electron chi connectivity index (χ2n) is 6.84. The molecule has 134 valence electrons. The van der Waals surface area contributed by atoms with E-state index < -0.39 is 11.5 Å². The van der Waals surface area contributed by atoms with E-state index in [9.17, 15) is 14.9 Å². The van der Waals surface area contributed by atoms with Gasteiger partial charge in [-0.25, -0.2) is 0 Å². The van der Waals surface area contributed by atoms with Crippen LogP contribution in [-0.2, 0) is 4.79 Å². The van der Waals surface area contributed by atoms with E-state index >= 15 is 0 Å². The summed E-state index contributed by atoms with van der Waals surface area (Å²) in [4.78, 5) is 20.9. The van der Waals surface area contributed by atoms with Gasteiger partial charge in [-0.1, -0.05) is 44.3 Å². The number of carboxylic acids is 1. The second-order valence-corrected chi connectivity index (χ2v) is 6.84. The molecule has 0 radical (unpaired) electrons. The third kappa shape index (κ3) is 14.0. The number of nitro groups is 1. The molecule has 1 N–H and O–H groups in total. The smallest absolute Gasteiger partial charge is 0.303 e. The van der Waals surface area contributed by atoms with Crippen LogP contribution in [0.15, 0.2) is 12.2 Å². The minimum absolute atomic E-state index is 0.178. The molecule has 0 aliphatic carbocycles. The Morgan fingerprint density at radius 3 is 1.96 bits per heavy atom. The summed E-state index contributed by atoms with van der Waals surface area (Å²) in [5.41, 5.74) is -0.781. The van der Waals surface area contributed by atoms with E-state index in [1.807, 2.05) is 0 Å². The first-order valence-electron chi connectivity index (χ1n) is 8.87. The Morgan fingerprint density at radius 2 is 1.43 bits per heavy atom. The fourth-order valence-electron chi connectivity index (χ4n) is 2.40. The predicted molar refractivity (Wildman–Crippen MR) is 93.3 cm³/mol. The quantitative estimate of drug-likeness (QED) is 0.190. The first kappa shape index (κ1) is 21.6. The van der Waals surface area contributed by atoms with Gasteiger partial charge >= 0.3 is 5.97 Å². The van der Waals surface area contributed by atoms with Crippen molar-refractivity contribution in [1.29, 1.82) is 0 Å². The molecule has 23 heavy (non-hydrogen) atoms. The molecule has 0 aromatic carbocycles. The van der Waals surface area contributed by atoms with Crippen molar-refractivity contribution in [3.63, 3.8) is 0 Å². The molecule has 0 fully saturated rings. The van der Waals surface area contributed by atoms with E-state index in [1.165, 1.54) is 32.1 Å². The number of unbranched alkanes of at least 4 members (excludes halogenated alkanes) is 8. The summed E-state index contributed by atoms with van der Waals surface area (Å²) in [7, 11) is 0. The largest absolute Gasteiger partial charge is 0.481 e. The summed E-state index contributed by atoms with van der Waals surface area (Å²) >= 11 is 0. The molecule has 0 saturated heterocycles. The number of aliphatic carboxylic acids is 1. The lowest BCUT2D eigenvalue weighted by molar-refractivity contribution is -0.561. The average molecular weight is 327 g/mol. The molecule has 0 rings (SSSR count). The maximum Gasteiger partial charge on any atom is 0.303 e. The maximum atomic E-state index is 10.8. The molecule has 5 heteroatoms. The van der Waals surface area contributed by atoms with Gasteiger partial charge in [0.05, 0.1) is 0 Å². The Bertz CT molecular complexity index is 364. The molecule has 5 nitrogen and oxygen atoms in total. The summed E-state index contributed by atoms with van der Waals surface area (Å²) in [6.45, 7) is 3.39. The Morgan fingerprint density at radius 1 is 0.957 bits per heavy atom. The van der Waals surface area contributed by atoms with Crippen LogP contribution in [0, 0.1) is 10.1 Å². The first-order chi connectivity index (χ1) is 10.9. The van der Waals surface area contributed by atoms with Crippen molar-refractivity contribution in [2.75, 3.05) is 0 Å². The normalized spacial score (nSPS) is 11.9. The minimum atomic E-state index is -0.781. The van der Waals surface area contributed by atoms with Gasteiger partial charge in [-0.05, 0) is 32.1 Å². The van der Waals surface area contributed by atoms with Gasteiger partial charge in [-0.2, -0.15) is 0 Å². The van der Waals surface area contributed by atoms with Crippen molar-refractivity contribution in [3.05, 3.63) is 22.3 Å². The lowest BCUT2D eigenvalue weighted by Crippen LogP contribution is -2.30. The number of allylic oxidation sites excluding steroid dienone is 2. The van der Waals surface area contributed by atoms with Crippen molar-refractivity contribution in [2.24, 2.45) is 0 Å². The molecular weight excluding hydrogens is 294 g/mol. The van der Waals surface area contributed by atoms with Gasteiger partial charge in [-0.3, -0.25) is 14.9 Å². The summed E-state index contributed by atoms with van der Waals surface area (Å²) in [5.74, 6) is -0.722. The third-order valence-electron chi connectivity index (χ3n) is 4.08. The topological polar surface area (TPSA) is 80.4 Å². The Balaban J connectivity index is 3.29. The van der Waals surface area contributed by atoms with Crippen molar-refractivity contribution < 1.29 is 14.8 Å². The van der Waals surface area contributed by atoms with E-state index in [0.29, 0.717) is 6.42 Å². The van der Waals surface area contributed by atoms with Crippen LogP contribution >= 0.6 is 0 Å². The van der Waals surface area contributed by atoms with Gasteiger partial charge in [-0.15, -0.1) is 0 Å². The predicted octanol–water partition coefficient (Wildman–Crippen LogP) is 5.36. The highest BCUT2D eigenvalue weighted by Gasteiger charge is 2.29. The number of nitrogens with zero attached hydrogens (tertiary/aromatic N) is 1. The van der Waals surface area contributed by atoms with Crippen LogP contribution in [0.1, 0.15) is 90.9 Å². The standard InChI is InChI=1S/C18H33NO4/c1-18(2,19(22)23)16-14-12-10-8-6-4-3-5-7-9-11-13-15-17(20)21/h7,9H,3-6,8,10-16H2,1-2H3,(H,20,21). The summed E-state index contributed by atoms with van der Waals surface area (Å²) in [6, 6.07) is 0. The third-order valence-corrected chi connectivity index (χ3v) is 4.08. The zero-order chi connectivity index (χ0) is 17.6. The van der Waals surface area contributed by atoms with Gasteiger partial charge in [0, 0.05) is 31.6 Å². The van der Waals surface area contributed by atoms with Crippen molar-refractivity contribution in [1.82, 2.24) is 0 Å². The Labute approximate surface area is 140 Å². The van der Waals surface area contributed by atoms with E-state index in [4.69, 9.17) is 5.11 Å². The molecule has 0 aromatic heterocycles. The first-order valence-corrected chi connectivity index (χ1v) is 8.87. The molecule has 0 amide bonds. The van der Waals surface area contributed by atoms with Gasteiger partial charge in [0.25, 0.3) is 0 Å². The number of hydrogen-bond donors (Lipinski definition) is 1. The van der Waals surface area contributed by atoms with Crippen LogP contribution < -0.4 is 0 Å². The monoisotopic (exact) mass is 327 g/mol. The molecule has 0 aliphatic heterocycles. The van der Waals surface area contributed by atoms with Crippen LogP contribution in [-0.4, -0.2) is 21.5 Å². The van der Waals surface area contributed by atoms with Gasteiger partial charge in [0.1, 0.15) is 0 Å². The number of hydrogen-bond acceptors (Lipinski definition) is 3. The van der Waals surface area contributed by atoms with Crippen LogP contribution in [0.2, 0.25) is 0 Å².